The van der Waals surface area contributed by atoms with Crippen LogP contribution in [0.1, 0.15) is 11.1 Å². The quantitative estimate of drug-likeness (QED) is 0.360. The van der Waals surface area contributed by atoms with Crippen molar-refractivity contribution in [3.8, 4) is 11.1 Å². The third kappa shape index (κ3) is 6.82. The minimum absolute atomic E-state index is 0.750. The summed E-state index contributed by atoms with van der Waals surface area (Å²) in [5.74, 6) is 0. The van der Waals surface area contributed by atoms with Crippen molar-refractivity contribution in [2.45, 2.75) is 6.42 Å². The van der Waals surface area contributed by atoms with Crippen LogP contribution in [0.4, 0.5) is 0 Å². The summed E-state index contributed by atoms with van der Waals surface area (Å²) in [6, 6.07) is 28.1. The molecule has 24 heavy (non-hydrogen) atoms. The number of fused-ring (bicyclic) bond motifs is 3. The molecule has 0 unspecified atom stereocenters. The van der Waals surface area contributed by atoms with Gasteiger partial charge in [0.25, 0.3) is 0 Å². The Labute approximate surface area is 156 Å². The van der Waals surface area contributed by atoms with Crippen molar-refractivity contribution in [2.24, 2.45) is 0 Å². The second-order valence-corrected chi connectivity index (χ2v) is 4.36. The number of hydrogen-bond acceptors (Lipinski definition) is 2. The summed E-state index contributed by atoms with van der Waals surface area (Å²) >= 11 is 1.75. The van der Waals surface area contributed by atoms with Gasteiger partial charge in [0.05, 0.1) is 0 Å². The number of rotatable bonds is 0. The van der Waals surface area contributed by atoms with Gasteiger partial charge in [0.15, 0.2) is 0 Å². The van der Waals surface area contributed by atoms with Crippen molar-refractivity contribution in [1.82, 2.24) is 0 Å². The van der Waals surface area contributed by atoms with Crippen LogP contribution >= 0.6 is 0 Å². The normalized spacial score (nSPS) is 9.08. The van der Waals surface area contributed by atoms with Crippen LogP contribution in [0.2, 0.25) is 0 Å². The van der Waals surface area contributed by atoms with E-state index in [0.717, 1.165) is 20.6 Å². The molecule has 0 heterocycles. The first-order valence-corrected chi connectivity index (χ1v) is 8.47. The zero-order valence-electron chi connectivity index (χ0n) is 14.2. The standard InChI is InChI=1S/C13H9.C5H5.2CH3O.CH2.Ti/c1-3-7-12-10(5-1)9-11-6-2-4-8-13(11)12;1-2-4-5-3-1;2*1-2;;/h1-5,7-8H,9H2;1-5H;2*1H3;1H2;/q4*-1;;+2. The molecule has 0 aliphatic heterocycles. The van der Waals surface area contributed by atoms with E-state index in [0.29, 0.717) is 0 Å². The Hall–Kier alpha value is -1.71. The van der Waals surface area contributed by atoms with Crippen molar-refractivity contribution >= 4 is 4.82 Å². The first kappa shape index (κ1) is 22.3. The molecule has 1 aliphatic carbocycles. The summed E-state index contributed by atoms with van der Waals surface area (Å²) < 4.78 is 0. The van der Waals surface area contributed by atoms with Crippen LogP contribution < -0.4 is 10.2 Å². The van der Waals surface area contributed by atoms with Gasteiger partial charge in [0, 0.05) is 0 Å². The minimum Gasteiger partial charge on any atom is -0.214 e. The first-order chi connectivity index (χ1) is 11.9. The molecule has 0 atom stereocenters. The Bertz CT molecular complexity index is 588. The van der Waals surface area contributed by atoms with E-state index in [1.807, 2.05) is 36.4 Å². The van der Waals surface area contributed by atoms with Gasteiger partial charge in [0.2, 0.25) is 0 Å². The van der Waals surface area contributed by atoms with Gasteiger partial charge in [-0.1, -0.05) is 35.4 Å². The van der Waals surface area contributed by atoms with Crippen molar-refractivity contribution in [3.63, 3.8) is 0 Å². The van der Waals surface area contributed by atoms with E-state index in [2.05, 4.69) is 47.3 Å². The van der Waals surface area contributed by atoms with Crippen LogP contribution in [-0.4, -0.2) is 19.0 Å². The molecule has 0 fully saturated rings. The monoisotopic (exact) mass is 354 g/mol. The Morgan fingerprint density at radius 2 is 1.46 bits per heavy atom. The molecule has 0 saturated heterocycles. The van der Waals surface area contributed by atoms with Crippen LogP contribution in [0.15, 0.2) is 72.8 Å². The van der Waals surface area contributed by atoms with Crippen LogP contribution in [0, 0.1) is 6.07 Å². The zero-order valence-corrected chi connectivity index (χ0v) is 15.7. The molecule has 0 aromatic heterocycles. The second kappa shape index (κ2) is 14.9. The van der Waals surface area contributed by atoms with Gasteiger partial charge in [-0.15, -0.1) is 5.56 Å². The largest absolute Gasteiger partial charge is 0.214 e. The molecule has 1 aliphatic rings. The Balaban J connectivity index is 0.000000406. The fourth-order valence-corrected chi connectivity index (χ4v) is 2.32. The summed E-state index contributed by atoms with van der Waals surface area (Å²) in [4.78, 5) is 3.25. The summed E-state index contributed by atoms with van der Waals surface area (Å²) in [5, 5.41) is 16.5. The van der Waals surface area contributed by atoms with Crippen LogP contribution in [0.3, 0.4) is 0 Å². The summed E-state index contributed by atoms with van der Waals surface area (Å²) in [7, 11) is 1.50. The van der Waals surface area contributed by atoms with Gasteiger partial charge in [0.1, 0.15) is 0 Å². The molecule has 3 aromatic carbocycles. The molecule has 0 saturated carbocycles. The predicted octanol–water partition coefficient (Wildman–Crippen LogP) is 2.38. The number of benzene rings is 2. The van der Waals surface area contributed by atoms with E-state index in [9.17, 15) is 0 Å². The molecule has 3 aromatic rings. The molecule has 0 radical (unpaired) electrons. The Morgan fingerprint density at radius 3 is 2.04 bits per heavy atom. The average molecular weight is 354 g/mol. The SMILES string of the molecule is C[O-].C[O-].[CH2]=[Ti+2].[c-]1cccc2c1Cc1ccccc1-2.c1cc[cH-]c1. The maximum atomic E-state index is 8.25. The van der Waals surface area contributed by atoms with Gasteiger partial charge in [-0.2, -0.15) is 62.2 Å². The Morgan fingerprint density at radius 1 is 0.875 bits per heavy atom. The topological polar surface area (TPSA) is 46.1 Å². The molecule has 0 bridgehead atoms. The van der Waals surface area contributed by atoms with E-state index < -0.39 is 0 Å². The van der Waals surface area contributed by atoms with E-state index >= 15 is 0 Å². The smallest absolute Gasteiger partial charge is 0.0253 e. The maximum absolute atomic E-state index is 8.25. The van der Waals surface area contributed by atoms with Gasteiger partial charge in [-0.3, -0.25) is 0 Å². The third-order valence-electron chi connectivity index (χ3n) is 3.17. The molecule has 4 rings (SSSR count). The van der Waals surface area contributed by atoms with Crippen molar-refractivity contribution in [1.29, 1.82) is 0 Å². The van der Waals surface area contributed by atoms with Crippen LogP contribution in [0.5, 0.6) is 0 Å². The van der Waals surface area contributed by atoms with Gasteiger partial charge < -0.3 is 10.2 Å². The van der Waals surface area contributed by atoms with Gasteiger partial charge in [-0.25, -0.2) is 12.1 Å². The summed E-state index contributed by atoms with van der Waals surface area (Å²) in [6.45, 7) is 0. The van der Waals surface area contributed by atoms with Gasteiger partial charge >= 0.3 is 24.8 Å². The molecule has 0 amide bonds. The van der Waals surface area contributed by atoms with Crippen LogP contribution in [-0.2, 0) is 26.4 Å². The van der Waals surface area contributed by atoms with E-state index in [1.54, 1.807) is 20.0 Å². The van der Waals surface area contributed by atoms with Crippen molar-refractivity contribution in [2.75, 3.05) is 14.2 Å². The fourth-order valence-electron chi connectivity index (χ4n) is 2.32. The molecular weight excluding hydrogens is 332 g/mol. The molecular formula is C21H22O2Ti-2. The fraction of sp³-hybridized carbons (Fsp3) is 0.143. The average Bonchev–Trinajstić information content (AvgIpc) is 3.38. The molecule has 124 valence electrons. The van der Waals surface area contributed by atoms with E-state index in [4.69, 9.17) is 10.2 Å². The summed E-state index contributed by atoms with van der Waals surface area (Å²) in [5.41, 5.74) is 5.51. The van der Waals surface area contributed by atoms with Crippen molar-refractivity contribution < 1.29 is 30.2 Å². The third-order valence-corrected chi connectivity index (χ3v) is 3.17. The minimum atomic E-state index is 0.750. The van der Waals surface area contributed by atoms with E-state index in [-0.39, 0.29) is 0 Å². The molecule has 3 heteroatoms. The molecule has 0 N–H and O–H groups in total. The maximum Gasteiger partial charge on any atom is -0.0253 e. The van der Waals surface area contributed by atoms with Crippen LogP contribution in [0.25, 0.3) is 11.1 Å². The Kier molecular flexibility index (Phi) is 13.8. The first-order valence-electron chi connectivity index (χ1n) is 7.37. The van der Waals surface area contributed by atoms with Crippen molar-refractivity contribution in [3.05, 3.63) is 90.0 Å². The van der Waals surface area contributed by atoms with Gasteiger partial charge in [-0.05, 0) is 6.42 Å². The zero-order chi connectivity index (χ0) is 18.2. The predicted molar refractivity (Wildman–Crippen MR) is 94.5 cm³/mol. The molecule has 0 spiro atoms. The van der Waals surface area contributed by atoms with E-state index in [1.165, 1.54) is 22.3 Å². The summed E-state index contributed by atoms with van der Waals surface area (Å²) in [6.07, 6.45) is 1.05. The molecule has 2 nitrogen and oxygen atoms in total. The second-order valence-electron chi connectivity index (χ2n) is 4.36. The number of hydrogen-bond donors (Lipinski definition) is 0.